The van der Waals surface area contributed by atoms with Crippen molar-refractivity contribution >= 4 is 10.0 Å². The van der Waals surface area contributed by atoms with Gasteiger partial charge in [0, 0.05) is 18.2 Å². The van der Waals surface area contributed by atoms with Crippen molar-refractivity contribution < 1.29 is 39.6 Å². The van der Waals surface area contributed by atoms with E-state index in [2.05, 4.69) is 14.7 Å². The van der Waals surface area contributed by atoms with Crippen molar-refractivity contribution in [3.05, 3.63) is 60.0 Å². The average molecular weight is 475 g/mol. The maximum atomic E-state index is 13.9. The number of ether oxygens (including phenoxy) is 1. The molecule has 7 nitrogen and oxygen atoms in total. The van der Waals surface area contributed by atoms with E-state index in [-0.39, 0.29) is 24.5 Å². The van der Waals surface area contributed by atoms with Gasteiger partial charge < -0.3 is 9.26 Å². The second-order valence-corrected chi connectivity index (χ2v) is 8.82. The normalized spacial score (nSPS) is 17.6. The third kappa shape index (κ3) is 4.43. The standard InChI is InChI=1S/C19H14F5N3O4S/c20-12-3-6-16(15(21)9-12)32(28,29)27-8-7-14(10-27)30-13-4-1-11(2-5-13)17-25-18(31-26-17)19(22,23)24/h1-6,9,14H,7-8,10H2/t14-/m1/s1. The van der Waals surface area contributed by atoms with E-state index in [0.717, 1.165) is 16.4 Å². The Bertz CT molecular complexity index is 1230. The van der Waals surface area contributed by atoms with Crippen LogP contribution >= 0.6 is 0 Å². The minimum atomic E-state index is -4.75. The van der Waals surface area contributed by atoms with Crippen LogP contribution in [0.3, 0.4) is 0 Å². The minimum absolute atomic E-state index is 0.0549. The fourth-order valence-electron chi connectivity index (χ4n) is 3.17. The van der Waals surface area contributed by atoms with Crippen molar-refractivity contribution in [2.75, 3.05) is 13.1 Å². The van der Waals surface area contributed by atoms with Crippen LogP contribution in [0.4, 0.5) is 22.0 Å². The average Bonchev–Trinajstić information content (AvgIpc) is 3.38. The molecule has 4 rings (SSSR count). The molecule has 1 atom stereocenters. The van der Waals surface area contributed by atoms with Gasteiger partial charge in [-0.15, -0.1) is 0 Å². The van der Waals surface area contributed by atoms with E-state index < -0.39 is 44.7 Å². The van der Waals surface area contributed by atoms with Crippen LogP contribution in [0.25, 0.3) is 11.4 Å². The van der Waals surface area contributed by atoms with Crippen LogP contribution in [0, 0.1) is 11.6 Å². The van der Waals surface area contributed by atoms with Gasteiger partial charge in [0.05, 0.1) is 6.54 Å². The lowest BCUT2D eigenvalue weighted by molar-refractivity contribution is -0.159. The lowest BCUT2D eigenvalue weighted by Gasteiger charge is -2.18. The maximum Gasteiger partial charge on any atom is 0.471 e. The summed E-state index contributed by atoms with van der Waals surface area (Å²) in [7, 11) is -4.17. The van der Waals surface area contributed by atoms with Gasteiger partial charge in [0.2, 0.25) is 15.8 Å². The third-order valence-electron chi connectivity index (χ3n) is 4.70. The van der Waals surface area contributed by atoms with Gasteiger partial charge in [0.25, 0.3) is 0 Å². The molecule has 1 aromatic heterocycles. The summed E-state index contributed by atoms with van der Waals surface area (Å²) in [6.07, 6.45) is -4.97. The number of halogens is 5. The summed E-state index contributed by atoms with van der Waals surface area (Å²) < 4.78 is 101. The van der Waals surface area contributed by atoms with Crippen LogP contribution in [0.15, 0.2) is 51.9 Å². The highest BCUT2D eigenvalue weighted by Gasteiger charge is 2.38. The fourth-order valence-corrected chi connectivity index (χ4v) is 4.70. The van der Waals surface area contributed by atoms with Gasteiger partial charge >= 0.3 is 12.1 Å². The van der Waals surface area contributed by atoms with Gasteiger partial charge in [0.1, 0.15) is 28.4 Å². The molecule has 32 heavy (non-hydrogen) atoms. The van der Waals surface area contributed by atoms with Gasteiger partial charge in [-0.1, -0.05) is 5.16 Å². The Labute approximate surface area is 178 Å². The molecule has 0 unspecified atom stereocenters. The van der Waals surface area contributed by atoms with Crippen molar-refractivity contribution in [1.29, 1.82) is 0 Å². The highest BCUT2D eigenvalue weighted by molar-refractivity contribution is 7.89. The zero-order chi connectivity index (χ0) is 23.1. The monoisotopic (exact) mass is 475 g/mol. The first kappa shape index (κ1) is 22.1. The molecule has 0 amide bonds. The molecule has 0 spiro atoms. The molecule has 13 heteroatoms. The Morgan fingerprint density at radius 2 is 1.81 bits per heavy atom. The first-order valence-corrected chi connectivity index (χ1v) is 10.6. The van der Waals surface area contributed by atoms with Crippen molar-refractivity contribution in [2.24, 2.45) is 0 Å². The fraction of sp³-hybridized carbons (Fsp3) is 0.263. The van der Waals surface area contributed by atoms with Crippen molar-refractivity contribution in [2.45, 2.75) is 23.6 Å². The molecule has 2 heterocycles. The molecule has 1 saturated heterocycles. The molecule has 0 aliphatic carbocycles. The summed E-state index contributed by atoms with van der Waals surface area (Å²) in [5, 5.41) is 3.29. The number of nitrogens with zero attached hydrogens (tertiary/aromatic N) is 3. The van der Waals surface area contributed by atoms with Crippen LogP contribution in [-0.2, 0) is 16.2 Å². The minimum Gasteiger partial charge on any atom is -0.489 e. The number of rotatable bonds is 5. The summed E-state index contributed by atoms with van der Waals surface area (Å²) in [6.45, 7) is 0.0195. The number of sulfonamides is 1. The zero-order valence-corrected chi connectivity index (χ0v) is 16.8. The number of hydrogen-bond acceptors (Lipinski definition) is 6. The molecule has 0 radical (unpaired) electrons. The molecule has 3 aromatic rings. The van der Waals surface area contributed by atoms with Crippen LogP contribution in [-0.4, -0.2) is 42.1 Å². The number of benzene rings is 2. The molecule has 0 bridgehead atoms. The van der Waals surface area contributed by atoms with Gasteiger partial charge in [-0.2, -0.15) is 22.5 Å². The quantitative estimate of drug-likeness (QED) is 0.521. The van der Waals surface area contributed by atoms with Gasteiger partial charge in [-0.3, -0.25) is 0 Å². The smallest absolute Gasteiger partial charge is 0.471 e. The van der Waals surface area contributed by atoms with E-state index in [4.69, 9.17) is 4.74 Å². The number of hydrogen-bond donors (Lipinski definition) is 0. The first-order valence-electron chi connectivity index (χ1n) is 9.17. The first-order chi connectivity index (χ1) is 15.0. The van der Waals surface area contributed by atoms with E-state index in [9.17, 15) is 30.4 Å². The van der Waals surface area contributed by atoms with Gasteiger partial charge in [-0.25, -0.2) is 17.2 Å². The predicted octanol–water partition coefficient (Wildman–Crippen LogP) is 3.88. The Kier molecular flexibility index (Phi) is 5.63. The highest BCUT2D eigenvalue weighted by Crippen LogP contribution is 2.30. The van der Waals surface area contributed by atoms with Crippen LogP contribution < -0.4 is 4.74 Å². The lowest BCUT2D eigenvalue weighted by atomic mass is 10.2. The molecular weight excluding hydrogens is 461 g/mol. The van der Waals surface area contributed by atoms with Crippen LogP contribution in [0.1, 0.15) is 12.3 Å². The maximum absolute atomic E-state index is 13.9. The van der Waals surface area contributed by atoms with Gasteiger partial charge in [-0.05, 0) is 42.8 Å². The summed E-state index contributed by atoms with van der Waals surface area (Å²) in [5.41, 5.74) is 0.263. The van der Waals surface area contributed by atoms with E-state index >= 15 is 0 Å². The summed E-state index contributed by atoms with van der Waals surface area (Å²) in [6, 6.07) is 8.03. The molecule has 170 valence electrons. The molecular formula is C19H14F5N3O4S. The zero-order valence-electron chi connectivity index (χ0n) is 16.0. The van der Waals surface area contributed by atoms with E-state index in [1.54, 1.807) is 0 Å². The highest BCUT2D eigenvalue weighted by atomic mass is 32.2. The Hall–Kier alpha value is -3.06. The van der Waals surface area contributed by atoms with Gasteiger partial charge in [0.15, 0.2) is 0 Å². The second kappa shape index (κ2) is 8.13. The summed E-state index contributed by atoms with van der Waals surface area (Å²) in [5.74, 6) is -3.44. The van der Waals surface area contributed by atoms with Crippen molar-refractivity contribution in [1.82, 2.24) is 14.4 Å². The molecule has 0 N–H and O–H groups in total. The Balaban J connectivity index is 1.42. The van der Waals surface area contributed by atoms with Crippen LogP contribution in [0.2, 0.25) is 0 Å². The topological polar surface area (TPSA) is 85.5 Å². The van der Waals surface area contributed by atoms with Crippen molar-refractivity contribution in [3.8, 4) is 17.1 Å². The third-order valence-corrected chi connectivity index (χ3v) is 6.60. The van der Waals surface area contributed by atoms with E-state index in [1.807, 2.05) is 0 Å². The SMILES string of the molecule is O=S(=O)(c1ccc(F)cc1F)N1CC[C@@H](Oc2ccc(-c3noc(C(F)(F)F)n3)cc2)C1. The Morgan fingerprint density at radius 3 is 2.44 bits per heavy atom. The second-order valence-electron chi connectivity index (χ2n) is 6.91. The Morgan fingerprint density at radius 1 is 1.09 bits per heavy atom. The van der Waals surface area contributed by atoms with Crippen molar-refractivity contribution in [3.63, 3.8) is 0 Å². The largest absolute Gasteiger partial charge is 0.489 e. The molecule has 1 aliphatic heterocycles. The molecule has 1 fully saturated rings. The van der Waals surface area contributed by atoms with E-state index in [0.29, 0.717) is 18.2 Å². The summed E-state index contributed by atoms with van der Waals surface area (Å²) in [4.78, 5) is 2.67. The molecule has 2 aromatic carbocycles. The van der Waals surface area contributed by atoms with Crippen LogP contribution in [0.5, 0.6) is 5.75 Å². The molecule has 0 saturated carbocycles. The molecule has 1 aliphatic rings. The van der Waals surface area contributed by atoms with E-state index in [1.165, 1.54) is 24.3 Å². The lowest BCUT2D eigenvalue weighted by Crippen LogP contribution is -2.31. The summed E-state index contributed by atoms with van der Waals surface area (Å²) >= 11 is 0. The number of aromatic nitrogens is 2. The number of alkyl halides is 3. The predicted molar refractivity (Wildman–Crippen MR) is 98.9 cm³/mol.